The second kappa shape index (κ2) is 6.70. The Morgan fingerprint density at radius 2 is 2.50 bits per heavy atom. The van der Waals surface area contributed by atoms with Gasteiger partial charge in [-0.3, -0.25) is 9.48 Å². The number of carbonyl (C=O) groups is 1. The molecule has 2 aromatic heterocycles. The predicted molar refractivity (Wildman–Crippen MR) is 71.0 cm³/mol. The van der Waals surface area contributed by atoms with Crippen molar-refractivity contribution in [1.82, 2.24) is 20.1 Å². The van der Waals surface area contributed by atoms with Crippen LogP contribution >= 0.6 is 11.3 Å². The molecular formula is C12H14N4OS. The Hall–Kier alpha value is -1.95. The first-order chi connectivity index (χ1) is 8.84. The summed E-state index contributed by atoms with van der Waals surface area (Å²) in [6.07, 6.45) is 7.38. The summed E-state index contributed by atoms with van der Waals surface area (Å²) in [5, 5.41) is 8.79. The van der Waals surface area contributed by atoms with Crippen LogP contribution in [0, 0.1) is 0 Å². The highest BCUT2D eigenvalue weighted by Gasteiger charge is 1.96. The van der Waals surface area contributed by atoms with Crippen LogP contribution in [0.1, 0.15) is 11.3 Å². The van der Waals surface area contributed by atoms with Crippen LogP contribution in [0.25, 0.3) is 6.08 Å². The molecule has 0 spiro atoms. The molecule has 0 aliphatic heterocycles. The van der Waals surface area contributed by atoms with Gasteiger partial charge < -0.3 is 5.32 Å². The van der Waals surface area contributed by atoms with Crippen LogP contribution in [-0.2, 0) is 11.3 Å². The summed E-state index contributed by atoms with van der Waals surface area (Å²) in [6.45, 7) is 1.39. The number of rotatable bonds is 6. The topological polar surface area (TPSA) is 59.8 Å². The number of amides is 1. The first-order valence-corrected chi connectivity index (χ1v) is 6.54. The number of thiophene rings is 1. The Bertz CT molecular complexity index is 490. The molecule has 0 atom stereocenters. The molecule has 0 saturated heterocycles. The molecule has 0 unspecified atom stereocenters. The predicted octanol–water partition coefficient (Wildman–Crippen LogP) is 1.56. The van der Waals surface area contributed by atoms with Crippen LogP contribution in [0.2, 0.25) is 0 Å². The Labute approximate surface area is 109 Å². The Morgan fingerprint density at radius 1 is 1.56 bits per heavy atom. The zero-order valence-electron chi connectivity index (χ0n) is 9.82. The lowest BCUT2D eigenvalue weighted by molar-refractivity contribution is -0.116. The van der Waals surface area contributed by atoms with Gasteiger partial charge in [-0.05, 0) is 23.9 Å². The number of hydrogen-bond donors (Lipinski definition) is 1. The first-order valence-electron chi connectivity index (χ1n) is 5.66. The maximum Gasteiger partial charge on any atom is 0.244 e. The fourth-order valence-electron chi connectivity index (χ4n) is 1.40. The second-order valence-corrected chi connectivity index (χ2v) is 4.63. The molecule has 0 bridgehead atoms. The standard InChI is InChI=1S/C12H14N4OS/c17-12(5-4-11-3-1-8-18-11)14-6-2-7-16-10-13-9-15-16/h1,3-5,8-10H,2,6-7H2,(H,14,17)/b5-4+. The van der Waals surface area contributed by atoms with E-state index in [0.29, 0.717) is 6.54 Å². The molecule has 1 amide bonds. The first kappa shape index (κ1) is 12.5. The van der Waals surface area contributed by atoms with Gasteiger partial charge in [0.2, 0.25) is 5.91 Å². The smallest absolute Gasteiger partial charge is 0.244 e. The molecule has 0 aliphatic carbocycles. The summed E-state index contributed by atoms with van der Waals surface area (Å²) in [5.74, 6) is -0.0676. The monoisotopic (exact) mass is 262 g/mol. The van der Waals surface area contributed by atoms with E-state index >= 15 is 0 Å². The summed E-state index contributed by atoms with van der Waals surface area (Å²) in [6, 6.07) is 3.93. The molecule has 1 N–H and O–H groups in total. The molecule has 6 heteroatoms. The van der Waals surface area contributed by atoms with E-state index in [9.17, 15) is 4.79 Å². The van der Waals surface area contributed by atoms with Crippen molar-refractivity contribution in [2.45, 2.75) is 13.0 Å². The molecule has 18 heavy (non-hydrogen) atoms. The Kier molecular flexibility index (Phi) is 4.66. The van der Waals surface area contributed by atoms with Crippen molar-refractivity contribution >= 4 is 23.3 Å². The summed E-state index contributed by atoms with van der Waals surface area (Å²) in [7, 11) is 0. The number of nitrogens with one attached hydrogen (secondary N) is 1. The van der Waals surface area contributed by atoms with Gasteiger partial charge in [-0.15, -0.1) is 11.3 Å². The summed E-state index contributed by atoms with van der Waals surface area (Å²) in [5.41, 5.74) is 0. The van der Waals surface area contributed by atoms with Crippen LogP contribution in [0.3, 0.4) is 0 Å². The van der Waals surface area contributed by atoms with E-state index in [1.807, 2.05) is 23.6 Å². The largest absolute Gasteiger partial charge is 0.352 e. The lowest BCUT2D eigenvalue weighted by atomic mass is 10.4. The quantitative estimate of drug-likeness (QED) is 0.635. The molecular weight excluding hydrogens is 248 g/mol. The Morgan fingerprint density at radius 3 is 3.22 bits per heavy atom. The van der Waals surface area contributed by atoms with Crippen LogP contribution in [0.5, 0.6) is 0 Å². The SMILES string of the molecule is O=C(/C=C/c1cccs1)NCCCn1cncn1. The maximum atomic E-state index is 11.5. The molecule has 5 nitrogen and oxygen atoms in total. The number of hydrogen-bond acceptors (Lipinski definition) is 4. The summed E-state index contributed by atoms with van der Waals surface area (Å²) >= 11 is 1.61. The van der Waals surface area contributed by atoms with Crippen molar-refractivity contribution in [3.8, 4) is 0 Å². The van der Waals surface area contributed by atoms with Gasteiger partial charge in [-0.1, -0.05) is 6.07 Å². The lowest BCUT2D eigenvalue weighted by Gasteiger charge is -2.01. The van der Waals surface area contributed by atoms with Crippen LogP contribution < -0.4 is 5.32 Å². The van der Waals surface area contributed by atoms with Crippen molar-refractivity contribution in [2.24, 2.45) is 0 Å². The molecule has 2 heterocycles. The Balaban J connectivity index is 1.63. The minimum atomic E-state index is -0.0676. The second-order valence-electron chi connectivity index (χ2n) is 3.65. The van der Waals surface area contributed by atoms with Crippen molar-refractivity contribution in [3.63, 3.8) is 0 Å². The summed E-state index contributed by atoms with van der Waals surface area (Å²) < 4.78 is 1.74. The third-order valence-electron chi connectivity index (χ3n) is 2.27. The number of nitrogens with zero attached hydrogens (tertiary/aromatic N) is 3. The molecule has 2 rings (SSSR count). The molecule has 0 aromatic carbocycles. The molecule has 0 aliphatic rings. The van der Waals surface area contributed by atoms with E-state index in [2.05, 4.69) is 15.4 Å². The fourth-order valence-corrected chi connectivity index (χ4v) is 2.02. The lowest BCUT2D eigenvalue weighted by Crippen LogP contribution is -2.23. The number of aromatic nitrogens is 3. The molecule has 0 saturated carbocycles. The van der Waals surface area contributed by atoms with E-state index in [1.165, 1.54) is 6.33 Å². The third kappa shape index (κ3) is 4.14. The van der Waals surface area contributed by atoms with Gasteiger partial charge >= 0.3 is 0 Å². The van der Waals surface area contributed by atoms with Crippen molar-refractivity contribution in [2.75, 3.05) is 6.54 Å². The van der Waals surface area contributed by atoms with Crippen LogP contribution in [0.4, 0.5) is 0 Å². The van der Waals surface area contributed by atoms with Gasteiger partial charge in [0.1, 0.15) is 12.7 Å². The van der Waals surface area contributed by atoms with Gasteiger partial charge in [-0.2, -0.15) is 5.10 Å². The van der Waals surface area contributed by atoms with Crippen molar-refractivity contribution in [1.29, 1.82) is 0 Å². The molecule has 0 fully saturated rings. The van der Waals surface area contributed by atoms with Gasteiger partial charge in [0.05, 0.1) is 0 Å². The van der Waals surface area contributed by atoms with Gasteiger partial charge in [0.15, 0.2) is 0 Å². The zero-order valence-corrected chi connectivity index (χ0v) is 10.6. The zero-order chi connectivity index (χ0) is 12.6. The number of carbonyl (C=O) groups excluding carboxylic acids is 1. The average molecular weight is 262 g/mol. The highest BCUT2D eigenvalue weighted by atomic mass is 32.1. The van der Waals surface area contributed by atoms with E-state index in [1.54, 1.807) is 28.4 Å². The molecule has 2 aromatic rings. The maximum absolute atomic E-state index is 11.5. The highest BCUT2D eigenvalue weighted by Crippen LogP contribution is 2.09. The van der Waals surface area contributed by atoms with E-state index < -0.39 is 0 Å². The molecule has 94 valence electrons. The van der Waals surface area contributed by atoms with Gasteiger partial charge in [0.25, 0.3) is 0 Å². The van der Waals surface area contributed by atoms with E-state index in [-0.39, 0.29) is 5.91 Å². The molecule has 0 radical (unpaired) electrons. The summed E-state index contributed by atoms with van der Waals surface area (Å²) in [4.78, 5) is 16.4. The van der Waals surface area contributed by atoms with Crippen LogP contribution in [-0.4, -0.2) is 27.2 Å². The average Bonchev–Trinajstić information content (AvgIpc) is 3.04. The minimum Gasteiger partial charge on any atom is -0.352 e. The number of aryl methyl sites for hydroxylation is 1. The normalized spacial score (nSPS) is 10.9. The highest BCUT2D eigenvalue weighted by molar-refractivity contribution is 7.10. The van der Waals surface area contributed by atoms with E-state index in [0.717, 1.165) is 17.8 Å². The van der Waals surface area contributed by atoms with Crippen molar-refractivity contribution in [3.05, 3.63) is 41.1 Å². The third-order valence-corrected chi connectivity index (χ3v) is 3.11. The fraction of sp³-hybridized carbons (Fsp3) is 0.250. The van der Waals surface area contributed by atoms with Crippen molar-refractivity contribution < 1.29 is 4.79 Å². The minimum absolute atomic E-state index is 0.0676. The van der Waals surface area contributed by atoms with Gasteiger partial charge in [-0.25, -0.2) is 4.98 Å². The van der Waals surface area contributed by atoms with E-state index in [4.69, 9.17) is 0 Å². The van der Waals surface area contributed by atoms with Gasteiger partial charge in [0, 0.05) is 24.0 Å². The van der Waals surface area contributed by atoms with Crippen LogP contribution in [0.15, 0.2) is 36.2 Å².